The second-order valence-electron chi connectivity index (χ2n) is 5.12. The number of urea groups is 1. The van der Waals surface area contributed by atoms with Gasteiger partial charge in [0.1, 0.15) is 0 Å². The summed E-state index contributed by atoms with van der Waals surface area (Å²) in [5.41, 5.74) is 0. The van der Waals surface area contributed by atoms with Crippen LogP contribution in [0.1, 0.15) is 59.3 Å². The average Bonchev–Trinajstić information content (AvgIpc) is 2.34. The molecule has 0 saturated heterocycles. The van der Waals surface area contributed by atoms with E-state index in [1.165, 1.54) is 12.8 Å². The van der Waals surface area contributed by atoms with Crippen molar-refractivity contribution < 1.29 is 14.7 Å². The number of unbranched alkanes of at least 4 members (excludes halogenated alkanes) is 2. The topological polar surface area (TPSA) is 78.4 Å². The van der Waals surface area contributed by atoms with E-state index in [2.05, 4.69) is 17.6 Å². The van der Waals surface area contributed by atoms with Gasteiger partial charge in [0.2, 0.25) is 0 Å². The van der Waals surface area contributed by atoms with Crippen LogP contribution in [0.15, 0.2) is 0 Å². The third-order valence-corrected chi connectivity index (χ3v) is 3.21. The van der Waals surface area contributed by atoms with Crippen molar-refractivity contribution in [3.63, 3.8) is 0 Å². The molecule has 0 spiro atoms. The molecule has 0 bridgehead atoms. The summed E-state index contributed by atoms with van der Waals surface area (Å²) in [6, 6.07) is -0.0427. The predicted molar refractivity (Wildman–Crippen MR) is 76.2 cm³/mol. The van der Waals surface area contributed by atoms with Crippen molar-refractivity contribution in [2.75, 3.05) is 6.54 Å². The molecule has 0 rings (SSSR count). The Balaban J connectivity index is 3.80. The normalized spacial score (nSPS) is 13.6. The van der Waals surface area contributed by atoms with Gasteiger partial charge in [-0.25, -0.2) is 4.79 Å². The lowest BCUT2D eigenvalue weighted by Gasteiger charge is -2.17. The van der Waals surface area contributed by atoms with Crippen LogP contribution in [0.3, 0.4) is 0 Å². The smallest absolute Gasteiger partial charge is 0.315 e. The molecule has 5 nitrogen and oxygen atoms in total. The van der Waals surface area contributed by atoms with Gasteiger partial charge in [-0.15, -0.1) is 0 Å². The van der Waals surface area contributed by atoms with Gasteiger partial charge in [-0.3, -0.25) is 4.79 Å². The molecule has 0 heterocycles. The zero-order valence-corrected chi connectivity index (χ0v) is 12.4. The second kappa shape index (κ2) is 10.6. The Bertz CT molecular complexity index is 269. The summed E-state index contributed by atoms with van der Waals surface area (Å²) >= 11 is 0. The zero-order valence-electron chi connectivity index (χ0n) is 12.4. The van der Waals surface area contributed by atoms with E-state index in [-0.39, 0.29) is 24.4 Å². The number of hydrogen-bond donors (Lipinski definition) is 3. The summed E-state index contributed by atoms with van der Waals surface area (Å²) in [5.74, 6) is -0.819. The van der Waals surface area contributed by atoms with E-state index >= 15 is 0 Å². The van der Waals surface area contributed by atoms with E-state index in [1.807, 2.05) is 13.8 Å². The molecule has 0 fully saturated rings. The molecular weight excluding hydrogens is 244 g/mol. The third kappa shape index (κ3) is 10.4. The van der Waals surface area contributed by atoms with Crippen molar-refractivity contribution in [3.05, 3.63) is 0 Å². The average molecular weight is 272 g/mol. The Morgan fingerprint density at radius 3 is 2.42 bits per heavy atom. The maximum absolute atomic E-state index is 11.6. The van der Waals surface area contributed by atoms with Gasteiger partial charge in [0, 0.05) is 19.0 Å². The number of nitrogens with one attached hydrogen (secondary N) is 2. The first kappa shape index (κ1) is 17.7. The fourth-order valence-corrected chi connectivity index (χ4v) is 1.89. The van der Waals surface area contributed by atoms with E-state index in [9.17, 15) is 9.59 Å². The summed E-state index contributed by atoms with van der Waals surface area (Å²) < 4.78 is 0. The fraction of sp³-hybridized carbons (Fsp3) is 0.857. The molecule has 0 radical (unpaired) electrons. The van der Waals surface area contributed by atoms with Crippen molar-refractivity contribution in [1.82, 2.24) is 10.6 Å². The molecular formula is C14H28N2O3. The van der Waals surface area contributed by atoms with E-state index in [0.717, 1.165) is 19.3 Å². The van der Waals surface area contributed by atoms with Crippen molar-refractivity contribution in [2.45, 2.75) is 65.3 Å². The van der Waals surface area contributed by atoms with Crippen LogP contribution in [0.25, 0.3) is 0 Å². The third-order valence-electron chi connectivity index (χ3n) is 3.21. The molecule has 112 valence electrons. The number of aliphatic carboxylic acids is 1. The highest BCUT2D eigenvalue weighted by Crippen LogP contribution is 2.06. The first-order chi connectivity index (χ1) is 8.99. The van der Waals surface area contributed by atoms with Gasteiger partial charge in [0.05, 0.1) is 0 Å². The minimum absolute atomic E-state index is 0.00125. The number of hydrogen-bond acceptors (Lipinski definition) is 2. The van der Waals surface area contributed by atoms with Gasteiger partial charge in [-0.1, -0.05) is 39.5 Å². The second-order valence-corrected chi connectivity index (χ2v) is 5.12. The van der Waals surface area contributed by atoms with Crippen LogP contribution in [-0.4, -0.2) is 29.7 Å². The molecule has 2 unspecified atom stereocenters. The lowest BCUT2D eigenvalue weighted by atomic mass is 10.0. The fourth-order valence-electron chi connectivity index (χ4n) is 1.89. The summed E-state index contributed by atoms with van der Waals surface area (Å²) in [4.78, 5) is 22.2. The van der Waals surface area contributed by atoms with Crippen molar-refractivity contribution in [1.29, 1.82) is 0 Å². The molecule has 0 aromatic carbocycles. The van der Waals surface area contributed by atoms with Crippen LogP contribution < -0.4 is 10.6 Å². The molecule has 5 heteroatoms. The Hall–Kier alpha value is -1.26. The Labute approximate surface area is 116 Å². The number of rotatable bonds is 10. The highest BCUT2D eigenvalue weighted by molar-refractivity contribution is 5.74. The minimum Gasteiger partial charge on any atom is -0.481 e. The Kier molecular flexibility index (Phi) is 9.94. The SMILES string of the molecule is CCCCCC(C)NC(=O)NCC(CC)CC(=O)O. The Morgan fingerprint density at radius 2 is 1.89 bits per heavy atom. The summed E-state index contributed by atoms with van der Waals surface area (Å²) in [5, 5.41) is 14.3. The van der Waals surface area contributed by atoms with Crippen LogP contribution in [0.5, 0.6) is 0 Å². The van der Waals surface area contributed by atoms with E-state index in [0.29, 0.717) is 6.54 Å². The van der Waals surface area contributed by atoms with Crippen molar-refractivity contribution in [3.8, 4) is 0 Å². The molecule has 0 aliphatic carbocycles. The first-order valence-corrected chi connectivity index (χ1v) is 7.25. The number of carboxylic acid groups (broad SMARTS) is 1. The van der Waals surface area contributed by atoms with Crippen LogP contribution in [0.4, 0.5) is 4.79 Å². The van der Waals surface area contributed by atoms with Gasteiger partial charge in [-0.05, 0) is 19.3 Å². The molecule has 19 heavy (non-hydrogen) atoms. The molecule has 0 aromatic rings. The lowest BCUT2D eigenvalue weighted by molar-refractivity contribution is -0.138. The van der Waals surface area contributed by atoms with Crippen molar-refractivity contribution >= 4 is 12.0 Å². The summed E-state index contributed by atoms with van der Waals surface area (Å²) in [7, 11) is 0. The number of carboxylic acids is 1. The highest BCUT2D eigenvalue weighted by atomic mass is 16.4. The van der Waals surface area contributed by atoms with Crippen LogP contribution in [-0.2, 0) is 4.79 Å². The lowest BCUT2D eigenvalue weighted by Crippen LogP contribution is -2.42. The van der Waals surface area contributed by atoms with Gasteiger partial charge in [0.15, 0.2) is 0 Å². The van der Waals surface area contributed by atoms with E-state index < -0.39 is 5.97 Å². The predicted octanol–water partition coefficient (Wildman–Crippen LogP) is 2.76. The first-order valence-electron chi connectivity index (χ1n) is 7.25. The Morgan fingerprint density at radius 1 is 1.21 bits per heavy atom. The molecule has 0 aromatic heterocycles. The van der Waals surface area contributed by atoms with E-state index in [1.54, 1.807) is 0 Å². The van der Waals surface area contributed by atoms with Gasteiger partial charge in [-0.2, -0.15) is 0 Å². The molecule has 0 aliphatic heterocycles. The molecule has 2 amide bonds. The molecule has 2 atom stereocenters. The largest absolute Gasteiger partial charge is 0.481 e. The van der Waals surface area contributed by atoms with Gasteiger partial charge in [0.25, 0.3) is 0 Å². The van der Waals surface area contributed by atoms with Crippen LogP contribution in [0.2, 0.25) is 0 Å². The highest BCUT2D eigenvalue weighted by Gasteiger charge is 2.13. The maximum Gasteiger partial charge on any atom is 0.315 e. The molecule has 0 saturated carbocycles. The maximum atomic E-state index is 11.6. The minimum atomic E-state index is -0.818. The van der Waals surface area contributed by atoms with Crippen molar-refractivity contribution in [2.24, 2.45) is 5.92 Å². The summed E-state index contributed by atoms with van der Waals surface area (Å²) in [6.45, 7) is 6.48. The number of carbonyl (C=O) groups excluding carboxylic acids is 1. The quantitative estimate of drug-likeness (QED) is 0.535. The standard InChI is InChI=1S/C14H28N2O3/c1-4-6-7-8-11(3)16-14(19)15-10-12(5-2)9-13(17)18/h11-12H,4-10H2,1-3H3,(H,17,18)(H2,15,16,19). The molecule has 3 N–H and O–H groups in total. The van der Waals surface area contributed by atoms with E-state index in [4.69, 9.17) is 5.11 Å². The number of amides is 2. The van der Waals surface area contributed by atoms with Gasteiger partial charge >= 0.3 is 12.0 Å². The summed E-state index contributed by atoms with van der Waals surface area (Å²) in [6.07, 6.45) is 5.31. The number of carbonyl (C=O) groups is 2. The molecule has 0 aliphatic rings. The van der Waals surface area contributed by atoms with Gasteiger partial charge < -0.3 is 15.7 Å². The monoisotopic (exact) mass is 272 g/mol. The zero-order chi connectivity index (χ0) is 14.7. The van der Waals surface area contributed by atoms with Crippen LogP contribution in [0, 0.1) is 5.92 Å². The van der Waals surface area contributed by atoms with Crippen LogP contribution >= 0.6 is 0 Å².